The van der Waals surface area contributed by atoms with Crippen LogP contribution in [0, 0.1) is 0 Å². The van der Waals surface area contributed by atoms with E-state index in [1.54, 1.807) is 27.8 Å². The van der Waals surface area contributed by atoms with Crippen LogP contribution in [0.5, 0.6) is 5.75 Å². The van der Waals surface area contributed by atoms with Crippen LogP contribution in [0.3, 0.4) is 0 Å². The van der Waals surface area contributed by atoms with Gasteiger partial charge in [-0.3, -0.25) is 0 Å². The van der Waals surface area contributed by atoms with Gasteiger partial charge in [-0.2, -0.15) is 15.6 Å². The van der Waals surface area contributed by atoms with Gasteiger partial charge in [-0.05, 0) is 59.3 Å². The first-order chi connectivity index (χ1) is 11.0. The van der Waals surface area contributed by atoms with Crippen LogP contribution in [-0.2, 0) is 10.0 Å². The van der Waals surface area contributed by atoms with Gasteiger partial charge in [-0.25, -0.2) is 8.42 Å². The molecule has 0 N–H and O–H groups in total. The summed E-state index contributed by atoms with van der Waals surface area (Å²) in [4.78, 5) is 0.220. The smallest absolute Gasteiger partial charge is 0.243 e. The number of rotatable bonds is 4. The molecule has 0 aliphatic carbocycles. The van der Waals surface area contributed by atoms with E-state index in [0.29, 0.717) is 29.8 Å². The van der Waals surface area contributed by atoms with Gasteiger partial charge in [-0.1, -0.05) is 11.6 Å². The van der Waals surface area contributed by atoms with Crippen molar-refractivity contribution in [1.29, 1.82) is 0 Å². The molecule has 0 saturated carbocycles. The number of hydrogen-bond acceptors (Lipinski definition) is 4. The molecule has 0 bridgehead atoms. The van der Waals surface area contributed by atoms with Gasteiger partial charge in [-0.15, -0.1) is 0 Å². The monoisotopic (exact) mass is 371 g/mol. The average molecular weight is 372 g/mol. The van der Waals surface area contributed by atoms with Crippen LogP contribution in [-0.4, -0.2) is 32.9 Å². The van der Waals surface area contributed by atoms with Crippen LogP contribution >= 0.6 is 22.9 Å². The molecule has 1 saturated heterocycles. The summed E-state index contributed by atoms with van der Waals surface area (Å²) < 4.78 is 32.1. The van der Waals surface area contributed by atoms with Gasteiger partial charge in [0.15, 0.2) is 0 Å². The largest absolute Gasteiger partial charge is 0.495 e. The highest BCUT2D eigenvalue weighted by atomic mass is 35.5. The standard InChI is InChI=1S/C16H18ClNO3S2/c1-21-16-3-2-14(10-15(16)17)23(19,20)18-7-4-12(5-8-18)13-6-9-22-11-13/h2-3,6,9-12H,4-5,7-8H2,1H3. The van der Waals surface area contributed by atoms with E-state index in [-0.39, 0.29) is 4.90 Å². The van der Waals surface area contributed by atoms with Crippen LogP contribution in [0.15, 0.2) is 39.9 Å². The Balaban J connectivity index is 1.75. The van der Waals surface area contributed by atoms with Gasteiger partial charge in [0.05, 0.1) is 17.0 Å². The maximum atomic E-state index is 12.8. The fourth-order valence-corrected chi connectivity index (χ4v) is 5.45. The topological polar surface area (TPSA) is 46.6 Å². The van der Waals surface area contributed by atoms with Crippen LogP contribution in [0.4, 0.5) is 0 Å². The molecule has 1 aromatic heterocycles. The fraction of sp³-hybridized carbons (Fsp3) is 0.375. The zero-order chi connectivity index (χ0) is 16.4. The van der Waals surface area contributed by atoms with Gasteiger partial charge in [0, 0.05) is 13.1 Å². The normalized spacial score (nSPS) is 17.3. The molecule has 7 heteroatoms. The number of thiophene rings is 1. The van der Waals surface area contributed by atoms with Crippen molar-refractivity contribution in [3.05, 3.63) is 45.6 Å². The van der Waals surface area contributed by atoms with E-state index >= 15 is 0 Å². The quantitative estimate of drug-likeness (QED) is 0.816. The molecule has 124 valence electrons. The molecule has 4 nitrogen and oxygen atoms in total. The maximum Gasteiger partial charge on any atom is 0.243 e. The van der Waals surface area contributed by atoms with Gasteiger partial charge < -0.3 is 4.74 Å². The zero-order valence-corrected chi connectivity index (χ0v) is 15.1. The van der Waals surface area contributed by atoms with Crippen LogP contribution in [0.1, 0.15) is 24.3 Å². The van der Waals surface area contributed by atoms with E-state index in [1.165, 1.54) is 18.7 Å². The molecule has 2 aromatic rings. The second-order valence-electron chi connectivity index (χ2n) is 5.53. The summed E-state index contributed by atoms with van der Waals surface area (Å²) in [6.07, 6.45) is 1.69. The van der Waals surface area contributed by atoms with Crippen molar-refractivity contribution < 1.29 is 13.2 Å². The molecule has 0 atom stereocenters. The summed E-state index contributed by atoms with van der Waals surface area (Å²) in [5, 5.41) is 4.53. The Morgan fingerprint density at radius 2 is 2.00 bits per heavy atom. The predicted molar refractivity (Wildman–Crippen MR) is 93.1 cm³/mol. The molecular weight excluding hydrogens is 354 g/mol. The molecule has 1 fully saturated rings. The number of methoxy groups -OCH3 is 1. The number of sulfonamides is 1. The summed E-state index contributed by atoms with van der Waals surface area (Å²) in [6.45, 7) is 1.07. The molecule has 3 rings (SSSR count). The van der Waals surface area contributed by atoms with Gasteiger partial charge in [0.25, 0.3) is 0 Å². The molecule has 0 radical (unpaired) electrons. The summed E-state index contributed by atoms with van der Waals surface area (Å²) >= 11 is 7.74. The van der Waals surface area contributed by atoms with Gasteiger partial charge in [0.1, 0.15) is 5.75 Å². The molecular formula is C16H18ClNO3S2. The molecule has 1 aliphatic rings. The Hall–Kier alpha value is -1.08. The van der Waals surface area contributed by atoms with Crippen molar-refractivity contribution in [2.45, 2.75) is 23.7 Å². The highest BCUT2D eigenvalue weighted by Crippen LogP contribution is 2.33. The minimum absolute atomic E-state index is 0.220. The Morgan fingerprint density at radius 3 is 2.57 bits per heavy atom. The molecule has 1 aliphatic heterocycles. The highest BCUT2D eigenvalue weighted by Gasteiger charge is 2.30. The van der Waals surface area contributed by atoms with Crippen molar-refractivity contribution in [2.75, 3.05) is 20.2 Å². The molecule has 0 amide bonds. The molecule has 1 aromatic carbocycles. The zero-order valence-electron chi connectivity index (χ0n) is 12.7. The number of hydrogen-bond donors (Lipinski definition) is 0. The van der Waals surface area contributed by atoms with Crippen LogP contribution < -0.4 is 4.74 Å². The van der Waals surface area contributed by atoms with Crippen molar-refractivity contribution in [2.24, 2.45) is 0 Å². The van der Waals surface area contributed by atoms with E-state index in [9.17, 15) is 8.42 Å². The highest BCUT2D eigenvalue weighted by molar-refractivity contribution is 7.89. The lowest BCUT2D eigenvalue weighted by molar-refractivity contribution is 0.320. The van der Waals surface area contributed by atoms with Gasteiger partial charge >= 0.3 is 0 Å². The predicted octanol–water partition coefficient (Wildman–Crippen LogP) is 3.98. The fourth-order valence-electron chi connectivity index (χ4n) is 2.89. The first-order valence-electron chi connectivity index (χ1n) is 7.38. The molecule has 0 unspecified atom stereocenters. The number of halogens is 1. The van der Waals surface area contributed by atoms with Crippen molar-refractivity contribution in [3.8, 4) is 5.75 Å². The average Bonchev–Trinajstić information content (AvgIpc) is 3.09. The third-order valence-corrected chi connectivity index (χ3v) is 7.12. The summed E-state index contributed by atoms with van der Waals surface area (Å²) in [6, 6.07) is 6.72. The van der Waals surface area contributed by atoms with Crippen molar-refractivity contribution in [1.82, 2.24) is 4.31 Å². The Kier molecular flexibility index (Phi) is 4.96. The second kappa shape index (κ2) is 6.81. The number of piperidine rings is 1. The summed E-state index contributed by atoms with van der Waals surface area (Å²) in [5.74, 6) is 0.925. The third kappa shape index (κ3) is 3.40. The van der Waals surface area contributed by atoms with Crippen molar-refractivity contribution in [3.63, 3.8) is 0 Å². The minimum atomic E-state index is -3.51. The lowest BCUT2D eigenvalue weighted by atomic mass is 9.92. The summed E-state index contributed by atoms with van der Waals surface area (Å²) in [7, 11) is -2.00. The Labute approximate surface area is 145 Å². The minimum Gasteiger partial charge on any atom is -0.495 e. The van der Waals surface area contributed by atoms with Gasteiger partial charge in [0.2, 0.25) is 10.0 Å². The van der Waals surface area contributed by atoms with Crippen molar-refractivity contribution >= 4 is 33.0 Å². The molecule has 0 spiro atoms. The number of ether oxygens (including phenoxy) is 1. The lowest BCUT2D eigenvalue weighted by Crippen LogP contribution is -2.37. The first-order valence-corrected chi connectivity index (χ1v) is 10.1. The van der Waals surface area contributed by atoms with E-state index < -0.39 is 10.0 Å². The summed E-state index contributed by atoms with van der Waals surface area (Å²) in [5.41, 5.74) is 1.32. The third-order valence-electron chi connectivity index (χ3n) is 4.23. The second-order valence-corrected chi connectivity index (χ2v) is 8.66. The van der Waals surface area contributed by atoms with Crippen LogP contribution in [0.2, 0.25) is 5.02 Å². The number of benzene rings is 1. The van der Waals surface area contributed by atoms with E-state index in [2.05, 4.69) is 16.8 Å². The Bertz CT molecular complexity index is 767. The SMILES string of the molecule is COc1ccc(S(=O)(=O)N2CCC(c3ccsc3)CC2)cc1Cl. The van der Waals surface area contributed by atoms with E-state index in [1.807, 2.05) is 0 Å². The lowest BCUT2D eigenvalue weighted by Gasteiger charge is -2.31. The number of nitrogens with zero attached hydrogens (tertiary/aromatic N) is 1. The van der Waals surface area contributed by atoms with E-state index in [0.717, 1.165) is 12.8 Å². The molecule has 23 heavy (non-hydrogen) atoms. The molecule has 2 heterocycles. The maximum absolute atomic E-state index is 12.8. The van der Waals surface area contributed by atoms with E-state index in [4.69, 9.17) is 16.3 Å². The first kappa shape index (κ1) is 16.8. The van der Waals surface area contributed by atoms with Crippen LogP contribution in [0.25, 0.3) is 0 Å². The Morgan fingerprint density at radius 1 is 1.26 bits per heavy atom.